The van der Waals surface area contributed by atoms with Gasteiger partial charge in [0.2, 0.25) is 0 Å². The van der Waals surface area contributed by atoms with Gasteiger partial charge in [0.25, 0.3) is 0 Å². The van der Waals surface area contributed by atoms with E-state index >= 15 is 0 Å². The third-order valence-corrected chi connectivity index (χ3v) is 3.89. The molecule has 0 saturated carbocycles. The van der Waals surface area contributed by atoms with E-state index in [1.165, 1.54) is 5.56 Å². The number of hydrogen-bond acceptors (Lipinski definition) is 1. The Labute approximate surface area is 115 Å². The van der Waals surface area contributed by atoms with E-state index < -0.39 is 6.09 Å². The molecule has 1 fully saturated rings. The van der Waals surface area contributed by atoms with E-state index in [1.807, 2.05) is 6.07 Å². The molecule has 1 aliphatic rings. The van der Waals surface area contributed by atoms with Gasteiger partial charge in [0.05, 0.1) is 6.04 Å². The van der Waals surface area contributed by atoms with Crippen molar-refractivity contribution in [2.45, 2.75) is 51.5 Å². The van der Waals surface area contributed by atoms with E-state index in [9.17, 15) is 9.90 Å². The van der Waals surface area contributed by atoms with E-state index in [0.717, 1.165) is 24.8 Å². The van der Waals surface area contributed by atoms with Gasteiger partial charge in [-0.15, -0.1) is 0 Å². The molecular formula is C16H23NO2. The molecule has 1 aliphatic heterocycles. The van der Waals surface area contributed by atoms with E-state index in [0.29, 0.717) is 6.54 Å². The minimum Gasteiger partial charge on any atom is -0.465 e. The first-order valence-electron chi connectivity index (χ1n) is 6.99. The van der Waals surface area contributed by atoms with Crippen molar-refractivity contribution in [3.05, 3.63) is 35.4 Å². The number of carbonyl (C=O) groups is 1. The summed E-state index contributed by atoms with van der Waals surface area (Å²) in [4.78, 5) is 12.9. The zero-order chi connectivity index (χ0) is 14.0. The Hall–Kier alpha value is -1.51. The maximum Gasteiger partial charge on any atom is 0.407 e. The molecule has 1 N–H and O–H groups in total. The summed E-state index contributed by atoms with van der Waals surface area (Å²) < 4.78 is 0. The zero-order valence-corrected chi connectivity index (χ0v) is 12.0. The van der Waals surface area contributed by atoms with Crippen LogP contribution in [0.25, 0.3) is 0 Å². The van der Waals surface area contributed by atoms with Crippen molar-refractivity contribution < 1.29 is 9.90 Å². The van der Waals surface area contributed by atoms with Gasteiger partial charge >= 0.3 is 6.09 Å². The smallest absolute Gasteiger partial charge is 0.407 e. The summed E-state index contributed by atoms with van der Waals surface area (Å²) in [5.74, 6) is 0. The average Bonchev–Trinajstić information content (AvgIpc) is 2.38. The predicted octanol–water partition coefficient (Wildman–Crippen LogP) is 4.19. The molecule has 1 aromatic carbocycles. The summed E-state index contributed by atoms with van der Waals surface area (Å²) in [5, 5.41) is 9.33. The highest BCUT2D eigenvalue weighted by atomic mass is 16.4. The SMILES string of the molecule is CC(C)(C)c1cccc(C2CCCCN2C(=O)O)c1. The highest BCUT2D eigenvalue weighted by molar-refractivity contribution is 5.66. The average molecular weight is 261 g/mol. The summed E-state index contributed by atoms with van der Waals surface area (Å²) >= 11 is 0. The number of piperidine rings is 1. The van der Waals surface area contributed by atoms with E-state index in [-0.39, 0.29) is 11.5 Å². The van der Waals surface area contributed by atoms with Gasteiger partial charge in [-0.2, -0.15) is 0 Å². The Morgan fingerprint density at radius 2 is 2.05 bits per heavy atom. The normalized spacial score (nSPS) is 20.4. The molecule has 1 aromatic rings. The van der Waals surface area contributed by atoms with E-state index in [2.05, 4.69) is 39.0 Å². The molecule has 0 aromatic heterocycles. The number of nitrogens with zero attached hydrogens (tertiary/aromatic N) is 1. The molecule has 2 rings (SSSR count). The van der Waals surface area contributed by atoms with Gasteiger partial charge < -0.3 is 10.0 Å². The summed E-state index contributed by atoms with van der Waals surface area (Å²) in [7, 11) is 0. The van der Waals surface area contributed by atoms with Gasteiger partial charge in [0.1, 0.15) is 0 Å². The number of hydrogen-bond donors (Lipinski definition) is 1. The first-order valence-corrected chi connectivity index (χ1v) is 6.99. The monoisotopic (exact) mass is 261 g/mol. The molecule has 3 nitrogen and oxygen atoms in total. The third-order valence-electron chi connectivity index (χ3n) is 3.89. The lowest BCUT2D eigenvalue weighted by molar-refractivity contribution is 0.106. The van der Waals surface area contributed by atoms with Crippen molar-refractivity contribution in [1.82, 2.24) is 4.90 Å². The summed E-state index contributed by atoms with van der Waals surface area (Å²) in [6, 6.07) is 8.42. The molecule has 3 heteroatoms. The van der Waals surface area contributed by atoms with Crippen LogP contribution in [-0.2, 0) is 5.41 Å². The van der Waals surface area contributed by atoms with Crippen LogP contribution in [-0.4, -0.2) is 22.6 Å². The maximum absolute atomic E-state index is 11.3. The van der Waals surface area contributed by atoms with Gasteiger partial charge in [-0.3, -0.25) is 0 Å². The molecule has 1 heterocycles. The minimum absolute atomic E-state index is 0.0218. The predicted molar refractivity (Wildman–Crippen MR) is 76.5 cm³/mol. The number of likely N-dealkylation sites (tertiary alicyclic amines) is 1. The molecule has 0 bridgehead atoms. The van der Waals surface area contributed by atoms with Crippen LogP contribution in [0.15, 0.2) is 24.3 Å². The Bertz CT molecular complexity index is 462. The Morgan fingerprint density at radius 3 is 2.68 bits per heavy atom. The van der Waals surface area contributed by atoms with Crippen molar-refractivity contribution in [2.75, 3.05) is 6.54 Å². The first-order chi connectivity index (χ1) is 8.89. The molecule has 19 heavy (non-hydrogen) atoms. The van der Waals surface area contributed by atoms with Gasteiger partial charge in [0.15, 0.2) is 0 Å². The summed E-state index contributed by atoms with van der Waals surface area (Å²) in [6.07, 6.45) is 2.21. The second-order valence-electron chi connectivity index (χ2n) is 6.36. The fourth-order valence-electron chi connectivity index (χ4n) is 2.72. The quantitative estimate of drug-likeness (QED) is 0.823. The van der Waals surface area contributed by atoms with Crippen molar-refractivity contribution >= 4 is 6.09 Å². The first kappa shape index (κ1) is 13.9. The van der Waals surface area contributed by atoms with Crippen LogP contribution in [0.1, 0.15) is 57.2 Å². The van der Waals surface area contributed by atoms with Crippen LogP contribution in [0.3, 0.4) is 0 Å². The Balaban J connectivity index is 2.32. The van der Waals surface area contributed by atoms with Crippen LogP contribution < -0.4 is 0 Å². The molecular weight excluding hydrogens is 238 g/mol. The van der Waals surface area contributed by atoms with E-state index in [4.69, 9.17) is 0 Å². The van der Waals surface area contributed by atoms with Crippen molar-refractivity contribution in [3.8, 4) is 0 Å². The lowest BCUT2D eigenvalue weighted by atomic mass is 9.84. The van der Waals surface area contributed by atoms with Gasteiger partial charge in [-0.05, 0) is 35.8 Å². The molecule has 1 atom stereocenters. The molecule has 1 amide bonds. The van der Waals surface area contributed by atoms with Crippen molar-refractivity contribution in [2.24, 2.45) is 0 Å². The molecule has 0 radical (unpaired) electrons. The molecule has 0 spiro atoms. The van der Waals surface area contributed by atoms with Crippen LogP contribution in [0.5, 0.6) is 0 Å². The Morgan fingerprint density at radius 1 is 1.32 bits per heavy atom. The minimum atomic E-state index is -0.800. The third kappa shape index (κ3) is 3.09. The summed E-state index contributed by atoms with van der Waals surface area (Å²) in [6.45, 7) is 7.20. The van der Waals surface area contributed by atoms with Crippen LogP contribution in [0, 0.1) is 0 Å². The fraction of sp³-hybridized carbons (Fsp3) is 0.562. The standard InChI is InChI=1S/C16H23NO2/c1-16(2,3)13-8-6-7-12(11-13)14-9-4-5-10-17(14)15(18)19/h6-8,11,14H,4-5,9-10H2,1-3H3,(H,18,19). The number of benzene rings is 1. The second kappa shape index (κ2) is 5.24. The second-order valence-corrected chi connectivity index (χ2v) is 6.36. The molecule has 1 unspecified atom stereocenters. The van der Waals surface area contributed by atoms with Gasteiger partial charge in [0, 0.05) is 6.54 Å². The lowest BCUT2D eigenvalue weighted by Gasteiger charge is -2.34. The van der Waals surface area contributed by atoms with Crippen molar-refractivity contribution in [3.63, 3.8) is 0 Å². The lowest BCUT2D eigenvalue weighted by Crippen LogP contribution is -2.37. The number of amides is 1. The number of rotatable bonds is 1. The largest absolute Gasteiger partial charge is 0.465 e. The maximum atomic E-state index is 11.3. The van der Waals surface area contributed by atoms with Crippen LogP contribution in [0.2, 0.25) is 0 Å². The highest BCUT2D eigenvalue weighted by Gasteiger charge is 2.28. The molecule has 104 valence electrons. The molecule has 1 saturated heterocycles. The van der Waals surface area contributed by atoms with E-state index in [1.54, 1.807) is 4.90 Å². The molecule has 0 aliphatic carbocycles. The fourth-order valence-corrected chi connectivity index (χ4v) is 2.72. The van der Waals surface area contributed by atoms with Crippen LogP contribution >= 0.6 is 0 Å². The van der Waals surface area contributed by atoms with Gasteiger partial charge in [-0.25, -0.2) is 4.79 Å². The zero-order valence-electron chi connectivity index (χ0n) is 12.0. The topological polar surface area (TPSA) is 40.5 Å². The highest BCUT2D eigenvalue weighted by Crippen LogP contribution is 2.33. The Kier molecular flexibility index (Phi) is 3.83. The van der Waals surface area contributed by atoms with Crippen molar-refractivity contribution in [1.29, 1.82) is 0 Å². The van der Waals surface area contributed by atoms with Gasteiger partial charge in [-0.1, -0.05) is 45.0 Å². The summed E-state index contributed by atoms with van der Waals surface area (Å²) in [5.41, 5.74) is 2.49. The van der Waals surface area contributed by atoms with Crippen LogP contribution in [0.4, 0.5) is 4.79 Å². The number of carboxylic acid groups (broad SMARTS) is 1.